The van der Waals surface area contributed by atoms with E-state index in [-0.39, 0.29) is 5.97 Å². The van der Waals surface area contributed by atoms with Crippen LogP contribution in [0.5, 0.6) is 0 Å². The highest BCUT2D eigenvalue weighted by Gasteiger charge is 2.04. The third-order valence-corrected chi connectivity index (χ3v) is 2.84. The van der Waals surface area contributed by atoms with Gasteiger partial charge in [0.25, 0.3) is 0 Å². The zero-order chi connectivity index (χ0) is 13.0. The normalized spacial score (nSPS) is 11.2. The van der Waals surface area contributed by atoms with E-state index in [0.717, 1.165) is 12.2 Å². The SMILES string of the molecule is CCOC(=O)C=Cc1cc2ccccc2n1CC. The van der Waals surface area contributed by atoms with Crippen molar-refractivity contribution >= 4 is 22.9 Å². The van der Waals surface area contributed by atoms with Gasteiger partial charge in [-0.3, -0.25) is 0 Å². The molecule has 2 aromatic rings. The van der Waals surface area contributed by atoms with Crippen molar-refractivity contribution in [2.75, 3.05) is 6.61 Å². The molecule has 0 bridgehead atoms. The van der Waals surface area contributed by atoms with Crippen LogP contribution in [-0.2, 0) is 16.1 Å². The van der Waals surface area contributed by atoms with Gasteiger partial charge in [0, 0.05) is 29.2 Å². The lowest BCUT2D eigenvalue weighted by molar-refractivity contribution is -0.137. The summed E-state index contributed by atoms with van der Waals surface area (Å²) < 4.78 is 7.05. The molecule has 0 spiro atoms. The smallest absolute Gasteiger partial charge is 0.330 e. The van der Waals surface area contributed by atoms with Gasteiger partial charge < -0.3 is 9.30 Å². The minimum absolute atomic E-state index is 0.301. The van der Waals surface area contributed by atoms with E-state index in [0.29, 0.717) is 6.61 Å². The second kappa shape index (κ2) is 5.54. The van der Waals surface area contributed by atoms with Gasteiger partial charge >= 0.3 is 5.97 Å². The topological polar surface area (TPSA) is 31.2 Å². The van der Waals surface area contributed by atoms with Crippen LogP contribution in [0.2, 0.25) is 0 Å². The fourth-order valence-corrected chi connectivity index (χ4v) is 2.07. The Morgan fingerprint density at radius 3 is 2.83 bits per heavy atom. The van der Waals surface area contributed by atoms with Crippen LogP contribution < -0.4 is 0 Å². The summed E-state index contributed by atoms with van der Waals surface area (Å²) in [7, 11) is 0. The predicted octanol–water partition coefficient (Wildman–Crippen LogP) is 3.24. The number of esters is 1. The van der Waals surface area contributed by atoms with E-state index in [1.807, 2.05) is 18.2 Å². The van der Waals surface area contributed by atoms with E-state index in [4.69, 9.17) is 4.74 Å². The van der Waals surface area contributed by atoms with Crippen molar-refractivity contribution < 1.29 is 9.53 Å². The van der Waals surface area contributed by atoms with E-state index in [1.165, 1.54) is 17.0 Å². The van der Waals surface area contributed by atoms with Crippen LogP contribution in [0.1, 0.15) is 19.5 Å². The molecule has 18 heavy (non-hydrogen) atoms. The first kappa shape index (κ1) is 12.4. The molecule has 0 unspecified atom stereocenters. The zero-order valence-corrected chi connectivity index (χ0v) is 10.7. The Bertz CT molecular complexity index is 581. The Morgan fingerprint density at radius 1 is 1.33 bits per heavy atom. The van der Waals surface area contributed by atoms with E-state index < -0.39 is 0 Å². The van der Waals surface area contributed by atoms with E-state index in [2.05, 4.69) is 29.7 Å². The maximum Gasteiger partial charge on any atom is 0.330 e. The number of aryl methyl sites for hydroxylation is 1. The van der Waals surface area contributed by atoms with Crippen LogP contribution in [0.25, 0.3) is 17.0 Å². The molecule has 1 heterocycles. The number of carbonyl (C=O) groups is 1. The summed E-state index contributed by atoms with van der Waals surface area (Å²) in [6.45, 7) is 5.17. The number of para-hydroxylation sites is 1. The second-order valence-electron chi connectivity index (χ2n) is 3.96. The van der Waals surface area contributed by atoms with Crippen molar-refractivity contribution in [2.24, 2.45) is 0 Å². The first-order chi connectivity index (χ1) is 8.76. The second-order valence-corrected chi connectivity index (χ2v) is 3.96. The zero-order valence-electron chi connectivity index (χ0n) is 10.7. The molecule has 0 aliphatic carbocycles. The highest BCUT2D eigenvalue weighted by Crippen LogP contribution is 2.20. The molecule has 0 atom stereocenters. The van der Waals surface area contributed by atoms with Crippen molar-refractivity contribution in [2.45, 2.75) is 20.4 Å². The number of hydrogen-bond acceptors (Lipinski definition) is 2. The van der Waals surface area contributed by atoms with Crippen LogP contribution in [-0.4, -0.2) is 17.1 Å². The predicted molar refractivity (Wildman–Crippen MR) is 73.3 cm³/mol. The first-order valence-electron chi connectivity index (χ1n) is 6.19. The van der Waals surface area contributed by atoms with Gasteiger partial charge in [-0.2, -0.15) is 0 Å². The highest BCUT2D eigenvalue weighted by atomic mass is 16.5. The van der Waals surface area contributed by atoms with Crippen molar-refractivity contribution in [3.63, 3.8) is 0 Å². The van der Waals surface area contributed by atoms with Gasteiger partial charge in [0.15, 0.2) is 0 Å². The summed E-state index contributed by atoms with van der Waals surface area (Å²) in [5.74, 6) is -0.301. The number of fused-ring (bicyclic) bond motifs is 1. The molecular weight excluding hydrogens is 226 g/mol. The molecule has 3 nitrogen and oxygen atoms in total. The first-order valence-corrected chi connectivity index (χ1v) is 6.19. The summed E-state index contributed by atoms with van der Waals surface area (Å²) in [4.78, 5) is 11.3. The van der Waals surface area contributed by atoms with Crippen molar-refractivity contribution in [3.05, 3.63) is 42.1 Å². The van der Waals surface area contributed by atoms with Gasteiger partial charge in [0.05, 0.1) is 6.61 Å². The summed E-state index contributed by atoms with van der Waals surface area (Å²) in [6.07, 6.45) is 3.28. The molecule has 0 aliphatic heterocycles. The maximum atomic E-state index is 11.3. The standard InChI is InChI=1S/C15H17NO2/c1-3-16-13(9-10-15(17)18-4-2)11-12-7-5-6-8-14(12)16/h5-11H,3-4H2,1-2H3. The van der Waals surface area contributed by atoms with Gasteiger partial charge in [-0.1, -0.05) is 18.2 Å². The lowest BCUT2D eigenvalue weighted by atomic mass is 10.2. The number of hydrogen-bond donors (Lipinski definition) is 0. The van der Waals surface area contributed by atoms with E-state index in [9.17, 15) is 4.79 Å². The molecule has 1 aromatic heterocycles. The lowest BCUT2D eigenvalue weighted by Gasteiger charge is -2.03. The Labute approximate surface area is 107 Å². The summed E-state index contributed by atoms with van der Waals surface area (Å²) >= 11 is 0. The third kappa shape index (κ3) is 2.45. The average Bonchev–Trinajstić information content (AvgIpc) is 2.74. The number of benzene rings is 1. The highest BCUT2D eigenvalue weighted by molar-refractivity contribution is 5.89. The molecule has 0 aliphatic rings. The monoisotopic (exact) mass is 243 g/mol. The maximum absolute atomic E-state index is 11.3. The van der Waals surface area contributed by atoms with Gasteiger partial charge in [-0.15, -0.1) is 0 Å². The summed E-state index contributed by atoms with van der Waals surface area (Å²) in [5, 5.41) is 1.18. The fraction of sp³-hybridized carbons (Fsp3) is 0.267. The van der Waals surface area contributed by atoms with Crippen LogP contribution >= 0.6 is 0 Å². The molecule has 0 N–H and O–H groups in total. The molecule has 0 radical (unpaired) electrons. The quantitative estimate of drug-likeness (QED) is 0.609. The number of ether oxygens (including phenoxy) is 1. The molecule has 2 rings (SSSR count). The molecule has 0 saturated carbocycles. The molecule has 3 heteroatoms. The molecule has 0 saturated heterocycles. The van der Waals surface area contributed by atoms with Crippen LogP contribution in [0, 0.1) is 0 Å². The van der Waals surface area contributed by atoms with Gasteiger partial charge in [-0.25, -0.2) is 4.79 Å². The van der Waals surface area contributed by atoms with E-state index in [1.54, 1.807) is 6.92 Å². The largest absolute Gasteiger partial charge is 0.463 e. The molecule has 1 aromatic carbocycles. The molecule has 94 valence electrons. The Morgan fingerprint density at radius 2 is 2.11 bits per heavy atom. The minimum atomic E-state index is -0.301. The van der Waals surface area contributed by atoms with E-state index >= 15 is 0 Å². The van der Waals surface area contributed by atoms with Crippen LogP contribution in [0.15, 0.2) is 36.4 Å². The van der Waals surface area contributed by atoms with Crippen molar-refractivity contribution in [3.8, 4) is 0 Å². The van der Waals surface area contributed by atoms with Crippen molar-refractivity contribution in [1.29, 1.82) is 0 Å². The average molecular weight is 243 g/mol. The third-order valence-electron chi connectivity index (χ3n) is 2.84. The number of aromatic nitrogens is 1. The van der Waals surface area contributed by atoms with Gasteiger partial charge in [0.1, 0.15) is 0 Å². The van der Waals surface area contributed by atoms with Gasteiger partial charge in [0.2, 0.25) is 0 Å². The number of rotatable bonds is 4. The Kier molecular flexibility index (Phi) is 3.82. The molecule has 0 fully saturated rings. The fourth-order valence-electron chi connectivity index (χ4n) is 2.07. The minimum Gasteiger partial charge on any atom is -0.463 e. The Hall–Kier alpha value is -2.03. The number of carbonyl (C=O) groups excluding carboxylic acids is 1. The van der Waals surface area contributed by atoms with Crippen LogP contribution in [0.3, 0.4) is 0 Å². The molecular formula is C15H17NO2. The van der Waals surface area contributed by atoms with Gasteiger partial charge in [-0.05, 0) is 32.1 Å². The summed E-state index contributed by atoms with van der Waals surface area (Å²) in [5.41, 5.74) is 2.20. The van der Waals surface area contributed by atoms with Crippen LogP contribution in [0.4, 0.5) is 0 Å². The summed E-state index contributed by atoms with van der Waals surface area (Å²) in [6, 6.07) is 10.3. The number of nitrogens with zero attached hydrogens (tertiary/aromatic N) is 1. The molecule has 0 amide bonds. The lowest BCUT2D eigenvalue weighted by Crippen LogP contribution is -2.00. The van der Waals surface area contributed by atoms with Crippen molar-refractivity contribution in [1.82, 2.24) is 4.57 Å². The Balaban J connectivity index is 2.35.